The number of rotatable bonds is 4. The lowest BCUT2D eigenvalue weighted by atomic mass is 10.1. The fourth-order valence-corrected chi connectivity index (χ4v) is 2.98. The molecular weight excluding hydrogens is 380 g/mol. The van der Waals surface area contributed by atoms with Crippen LogP contribution in [0.4, 0.5) is 4.39 Å². The van der Waals surface area contributed by atoms with E-state index < -0.39 is 0 Å². The van der Waals surface area contributed by atoms with Crippen LogP contribution in [0.25, 0.3) is 11.3 Å². The van der Waals surface area contributed by atoms with Crippen LogP contribution in [0.2, 0.25) is 0 Å². The molecular formula is C18H24Cl2FN3O2. The van der Waals surface area contributed by atoms with Gasteiger partial charge in [0.25, 0.3) is 0 Å². The number of nitrogens with zero attached hydrogens (tertiary/aromatic N) is 2. The highest BCUT2D eigenvalue weighted by Crippen LogP contribution is 2.23. The Morgan fingerprint density at radius 1 is 1.35 bits per heavy atom. The SMILES string of the molecule is CC1NCCN(C(=O)CCc2ncc(-c3ccccc3F)o2)C1C.Cl.Cl. The average molecular weight is 404 g/mol. The first-order chi connectivity index (χ1) is 11.6. The van der Waals surface area contributed by atoms with Gasteiger partial charge in [-0.15, -0.1) is 24.8 Å². The molecule has 8 heteroatoms. The van der Waals surface area contributed by atoms with Crippen molar-refractivity contribution in [2.75, 3.05) is 13.1 Å². The van der Waals surface area contributed by atoms with Crippen LogP contribution in [-0.4, -0.2) is 41.0 Å². The van der Waals surface area contributed by atoms with Crippen molar-refractivity contribution in [3.05, 3.63) is 42.2 Å². The summed E-state index contributed by atoms with van der Waals surface area (Å²) in [6.07, 6.45) is 2.26. The number of benzene rings is 1. The molecule has 1 saturated heterocycles. The van der Waals surface area contributed by atoms with E-state index >= 15 is 0 Å². The fourth-order valence-electron chi connectivity index (χ4n) is 2.98. The number of piperazine rings is 1. The highest BCUT2D eigenvalue weighted by Gasteiger charge is 2.27. The van der Waals surface area contributed by atoms with Crippen molar-refractivity contribution in [3.63, 3.8) is 0 Å². The minimum absolute atomic E-state index is 0. The Hall–Kier alpha value is -1.63. The second kappa shape index (κ2) is 9.90. The monoisotopic (exact) mass is 403 g/mol. The fraction of sp³-hybridized carbons (Fsp3) is 0.444. The number of hydrogen-bond donors (Lipinski definition) is 1. The first-order valence-corrected chi connectivity index (χ1v) is 8.28. The van der Waals surface area contributed by atoms with Gasteiger partial charge in [0.15, 0.2) is 11.7 Å². The van der Waals surface area contributed by atoms with E-state index in [1.54, 1.807) is 18.2 Å². The summed E-state index contributed by atoms with van der Waals surface area (Å²) in [5, 5.41) is 3.36. The number of oxazole rings is 1. The number of aryl methyl sites for hydroxylation is 1. The molecule has 2 unspecified atom stereocenters. The van der Waals surface area contributed by atoms with E-state index in [2.05, 4.69) is 24.1 Å². The Morgan fingerprint density at radius 3 is 2.81 bits per heavy atom. The van der Waals surface area contributed by atoms with Gasteiger partial charge in [-0.25, -0.2) is 9.37 Å². The zero-order valence-corrected chi connectivity index (χ0v) is 16.4. The van der Waals surface area contributed by atoms with Gasteiger partial charge in [-0.2, -0.15) is 0 Å². The molecule has 1 aromatic heterocycles. The first-order valence-electron chi connectivity index (χ1n) is 8.28. The van der Waals surface area contributed by atoms with Gasteiger partial charge in [0, 0.05) is 38.0 Å². The van der Waals surface area contributed by atoms with Gasteiger partial charge in [-0.3, -0.25) is 4.79 Å². The second-order valence-corrected chi connectivity index (χ2v) is 6.17. The topological polar surface area (TPSA) is 58.4 Å². The predicted molar refractivity (Wildman–Crippen MR) is 103 cm³/mol. The maximum Gasteiger partial charge on any atom is 0.223 e. The molecule has 0 aliphatic carbocycles. The van der Waals surface area contributed by atoms with Gasteiger partial charge in [0.2, 0.25) is 5.91 Å². The van der Waals surface area contributed by atoms with Crippen LogP contribution in [0, 0.1) is 5.82 Å². The van der Waals surface area contributed by atoms with Crippen molar-refractivity contribution in [1.82, 2.24) is 15.2 Å². The Balaban J connectivity index is 0.00000169. The molecule has 1 amide bonds. The molecule has 2 atom stereocenters. The summed E-state index contributed by atoms with van der Waals surface area (Å²) in [4.78, 5) is 18.5. The summed E-state index contributed by atoms with van der Waals surface area (Å²) in [5.74, 6) is 0.596. The summed E-state index contributed by atoms with van der Waals surface area (Å²) in [5.41, 5.74) is 0.382. The average Bonchev–Trinajstić information content (AvgIpc) is 3.04. The van der Waals surface area contributed by atoms with Gasteiger partial charge in [0.1, 0.15) is 5.82 Å². The normalized spacial score (nSPS) is 19.4. The smallest absolute Gasteiger partial charge is 0.223 e. The molecule has 1 aromatic carbocycles. The summed E-state index contributed by atoms with van der Waals surface area (Å²) < 4.78 is 19.4. The van der Waals surface area contributed by atoms with Crippen LogP contribution in [0.15, 0.2) is 34.9 Å². The van der Waals surface area contributed by atoms with Crippen molar-refractivity contribution >= 4 is 30.7 Å². The van der Waals surface area contributed by atoms with Gasteiger partial charge in [-0.1, -0.05) is 12.1 Å². The van der Waals surface area contributed by atoms with Gasteiger partial charge in [-0.05, 0) is 26.0 Å². The number of carbonyl (C=O) groups is 1. The lowest BCUT2D eigenvalue weighted by Gasteiger charge is -2.38. The molecule has 0 saturated carbocycles. The molecule has 0 bridgehead atoms. The second-order valence-electron chi connectivity index (χ2n) is 6.17. The predicted octanol–water partition coefficient (Wildman–Crippen LogP) is 3.47. The molecule has 2 aromatic rings. The minimum Gasteiger partial charge on any atom is -0.441 e. The third-order valence-electron chi connectivity index (χ3n) is 4.60. The molecule has 1 aliphatic heterocycles. The third-order valence-corrected chi connectivity index (χ3v) is 4.60. The van der Waals surface area contributed by atoms with E-state index in [0.29, 0.717) is 30.1 Å². The molecule has 1 N–H and O–H groups in total. The molecule has 1 aliphatic rings. The summed E-state index contributed by atoms with van der Waals surface area (Å²) in [7, 11) is 0. The maximum absolute atomic E-state index is 13.8. The van der Waals surface area contributed by atoms with Gasteiger partial charge in [0.05, 0.1) is 11.8 Å². The van der Waals surface area contributed by atoms with E-state index in [9.17, 15) is 9.18 Å². The molecule has 0 radical (unpaired) electrons. The van der Waals surface area contributed by atoms with Crippen LogP contribution < -0.4 is 5.32 Å². The number of halogens is 3. The van der Waals surface area contributed by atoms with E-state index in [1.807, 2.05) is 4.90 Å². The van der Waals surface area contributed by atoms with Crippen molar-refractivity contribution in [2.24, 2.45) is 0 Å². The number of aromatic nitrogens is 1. The summed E-state index contributed by atoms with van der Waals surface area (Å²) in [6, 6.07) is 6.87. The van der Waals surface area contributed by atoms with Gasteiger partial charge < -0.3 is 14.6 Å². The number of carbonyl (C=O) groups excluding carboxylic acids is 1. The molecule has 3 rings (SSSR count). The first kappa shape index (κ1) is 22.4. The van der Waals surface area contributed by atoms with Crippen LogP contribution in [0.5, 0.6) is 0 Å². The molecule has 26 heavy (non-hydrogen) atoms. The summed E-state index contributed by atoms with van der Waals surface area (Å²) in [6.45, 7) is 5.67. The van der Waals surface area contributed by atoms with E-state index in [4.69, 9.17) is 4.42 Å². The molecule has 0 spiro atoms. The largest absolute Gasteiger partial charge is 0.441 e. The van der Waals surface area contributed by atoms with Crippen LogP contribution in [-0.2, 0) is 11.2 Å². The zero-order valence-electron chi connectivity index (χ0n) is 14.8. The van der Waals surface area contributed by atoms with Crippen molar-refractivity contribution < 1.29 is 13.6 Å². The molecule has 5 nitrogen and oxygen atoms in total. The number of nitrogens with one attached hydrogen (secondary N) is 1. The lowest BCUT2D eigenvalue weighted by Crippen LogP contribution is -2.57. The Kier molecular flexibility index (Phi) is 8.53. The summed E-state index contributed by atoms with van der Waals surface area (Å²) >= 11 is 0. The van der Waals surface area contributed by atoms with Gasteiger partial charge >= 0.3 is 0 Å². The van der Waals surface area contributed by atoms with Crippen molar-refractivity contribution in [1.29, 1.82) is 0 Å². The Morgan fingerprint density at radius 2 is 2.08 bits per heavy atom. The maximum atomic E-state index is 13.8. The minimum atomic E-state index is -0.347. The Labute approximate surface area is 165 Å². The van der Waals surface area contributed by atoms with E-state index in [1.165, 1.54) is 12.3 Å². The lowest BCUT2D eigenvalue weighted by molar-refractivity contribution is -0.134. The molecule has 2 heterocycles. The molecule has 144 valence electrons. The number of hydrogen-bond acceptors (Lipinski definition) is 4. The van der Waals surface area contributed by atoms with Crippen molar-refractivity contribution in [2.45, 2.75) is 38.8 Å². The zero-order chi connectivity index (χ0) is 17.1. The quantitative estimate of drug-likeness (QED) is 0.848. The highest BCUT2D eigenvalue weighted by molar-refractivity contribution is 5.85. The third kappa shape index (κ3) is 4.96. The van der Waals surface area contributed by atoms with E-state index in [0.717, 1.165) is 13.1 Å². The standard InChI is InChI=1S/C18H22FN3O2.2ClH/c1-12-13(2)22(10-9-20-12)18(23)8-7-17-21-11-16(24-17)14-5-3-4-6-15(14)19;;/h3-6,11-13,20H,7-10H2,1-2H3;2*1H. The van der Waals surface area contributed by atoms with Crippen molar-refractivity contribution in [3.8, 4) is 11.3 Å². The van der Waals surface area contributed by atoms with Crippen LogP contribution in [0.3, 0.4) is 0 Å². The van der Waals surface area contributed by atoms with Crippen LogP contribution in [0.1, 0.15) is 26.2 Å². The number of amides is 1. The highest BCUT2D eigenvalue weighted by atomic mass is 35.5. The van der Waals surface area contributed by atoms with E-state index in [-0.39, 0.29) is 48.6 Å². The molecule has 1 fully saturated rings. The van der Waals surface area contributed by atoms with Crippen LogP contribution >= 0.6 is 24.8 Å². The Bertz CT molecular complexity index is 726.